The minimum atomic E-state index is -1.10. The Hall–Kier alpha value is -2.60. The summed E-state index contributed by atoms with van der Waals surface area (Å²) in [5.41, 5.74) is 10.0. The van der Waals surface area contributed by atoms with Gasteiger partial charge in [-0.1, -0.05) is 164 Å². The molecule has 3 N–H and O–H groups in total. The number of carboxylic acids is 1. The first-order valence-corrected chi connectivity index (χ1v) is 28.9. The van der Waals surface area contributed by atoms with Crippen molar-refractivity contribution in [1.29, 1.82) is 0 Å². The van der Waals surface area contributed by atoms with E-state index in [4.69, 9.17) is 127 Å². The summed E-state index contributed by atoms with van der Waals surface area (Å²) in [5, 5.41) is 10.7. The number of esters is 3. The van der Waals surface area contributed by atoms with Gasteiger partial charge in [0.1, 0.15) is 62.7 Å². The maximum Gasteiger partial charge on any atom is 0.341 e. The molecule has 5 aromatic heterocycles. The van der Waals surface area contributed by atoms with Gasteiger partial charge in [0.2, 0.25) is 0 Å². The number of aryl methyl sites for hydroxylation is 2. The highest BCUT2D eigenvalue weighted by Crippen LogP contribution is 2.40. The van der Waals surface area contributed by atoms with Gasteiger partial charge in [0.15, 0.2) is 0 Å². The minimum absolute atomic E-state index is 0.000988. The highest BCUT2D eigenvalue weighted by atomic mass is 79.9. The van der Waals surface area contributed by atoms with Crippen molar-refractivity contribution in [3.8, 4) is 0 Å². The number of carbonyl (C=O) groups is 5. The topological polar surface area (TPSA) is 227 Å². The van der Waals surface area contributed by atoms with Crippen molar-refractivity contribution in [2.24, 2.45) is 17.6 Å². The van der Waals surface area contributed by atoms with Gasteiger partial charge < -0.3 is 30.0 Å². The highest BCUT2D eigenvalue weighted by Gasteiger charge is 2.40. The van der Waals surface area contributed by atoms with E-state index < -0.39 is 23.9 Å². The van der Waals surface area contributed by atoms with Crippen molar-refractivity contribution >= 4 is 194 Å². The number of ether oxygens (including phenoxy) is 3. The Morgan fingerprint density at radius 3 is 1.42 bits per heavy atom. The third-order valence-corrected chi connectivity index (χ3v) is 15.0. The molecule has 0 aromatic carbocycles. The maximum atomic E-state index is 12.3. The lowest BCUT2D eigenvalue weighted by Gasteiger charge is -2.23. The Balaban J connectivity index is 0.000000247. The first-order chi connectivity index (χ1) is 36.0. The largest absolute Gasteiger partial charge is 0.478 e. The number of hydrogen-bond donors (Lipinski definition) is 2. The molecule has 1 aliphatic heterocycles. The van der Waals surface area contributed by atoms with Crippen molar-refractivity contribution in [2.45, 2.75) is 81.1 Å². The standard InChI is InChI=1S/C12H12Cl2N2O.C8H5Br2Cl2NO2.C8H6BrCl2NO2.C8H7Cl2NO2.C7H5Cl2NO2.C5H11N/c1-6(7-2-3-7)16-5-8-4-9(13)15-11(14)10(8)12(16)17;1-15-8(14)5-3(6(9)10)2-4(11)13-7(5)12;1-14-8(13)6-4(3-9)2-5(10)12-7(6)11;1-4-3-5(9)11-7(10)6(4)8(12)13-2;1-3-2-4(8)10-6(9)5(3)7(11)12;1-4(6)5-2-3-5/h4,6-7H,2-3,5H2,1H3;2,6H,1H3;2H,3H2,1H3;3H,1-2H3;2H,1H3,(H,11,12);4-5H,2-3,6H2,1H3/t6-;;;;;4-/m0....0/s1. The van der Waals surface area contributed by atoms with Gasteiger partial charge in [-0.3, -0.25) is 4.79 Å². The fourth-order valence-corrected chi connectivity index (χ4v) is 10.8. The number of aromatic carboxylic acids is 1. The molecule has 5 aromatic rings. The Labute approximate surface area is 519 Å². The molecule has 8 rings (SSSR count). The van der Waals surface area contributed by atoms with Crippen molar-refractivity contribution < 1.29 is 43.3 Å². The summed E-state index contributed by atoms with van der Waals surface area (Å²) in [6, 6.07) is 8.59. The maximum absolute atomic E-state index is 12.3. The molecule has 2 fully saturated rings. The number of carbonyl (C=O) groups excluding carboxylic acids is 4. The molecule has 16 nitrogen and oxygen atoms in total. The second-order valence-corrected chi connectivity index (χ2v) is 23.9. The summed E-state index contributed by atoms with van der Waals surface area (Å²) >= 11 is 67.0. The molecular formula is C48H46Br3Cl10N7O9. The number of hydrogen-bond acceptors (Lipinski definition) is 14. The van der Waals surface area contributed by atoms with Crippen LogP contribution in [0.1, 0.15) is 123 Å². The normalized spacial score (nSPS) is 13.7. The quantitative estimate of drug-likeness (QED) is 0.0605. The van der Waals surface area contributed by atoms with Crippen molar-refractivity contribution in [3.63, 3.8) is 0 Å². The SMILES string of the molecule is COC(=O)c1c(C(Br)Br)cc(Cl)nc1Cl.COC(=O)c1c(C)cc(Cl)nc1Cl.COC(=O)c1c(CBr)cc(Cl)nc1Cl.C[C@@H](C1CC1)N1Cc2cc(Cl)nc(Cl)c2C1=O.C[C@H](N)C1CC1.Cc1cc(Cl)nc(Cl)c1C(=O)O. The number of nitrogens with zero attached hydrogens (tertiary/aromatic N) is 6. The third kappa shape index (κ3) is 20.4. The minimum Gasteiger partial charge on any atom is -0.478 e. The molecule has 77 heavy (non-hydrogen) atoms. The van der Waals surface area contributed by atoms with Crippen LogP contribution in [0.2, 0.25) is 51.5 Å². The van der Waals surface area contributed by atoms with Crippen molar-refractivity contribution in [3.05, 3.63) is 137 Å². The van der Waals surface area contributed by atoms with E-state index in [2.05, 4.69) is 101 Å². The number of pyridine rings is 5. The average Bonchev–Trinajstić information content (AvgIpc) is 4.28. The van der Waals surface area contributed by atoms with Crippen LogP contribution in [0.3, 0.4) is 0 Å². The van der Waals surface area contributed by atoms with Gasteiger partial charge >= 0.3 is 23.9 Å². The van der Waals surface area contributed by atoms with E-state index in [1.807, 2.05) is 4.90 Å². The summed E-state index contributed by atoms with van der Waals surface area (Å²) in [6.45, 7) is 8.12. The van der Waals surface area contributed by atoms with E-state index in [1.165, 1.54) is 59.1 Å². The molecule has 418 valence electrons. The molecular weight excluding hydrogens is 1410 g/mol. The van der Waals surface area contributed by atoms with Crippen LogP contribution in [-0.2, 0) is 26.1 Å². The second kappa shape index (κ2) is 32.1. The molecule has 0 bridgehead atoms. The zero-order valence-corrected chi connectivity index (χ0v) is 53.7. The third-order valence-electron chi connectivity index (χ3n) is 11.0. The predicted octanol–water partition coefficient (Wildman–Crippen LogP) is 15.8. The van der Waals surface area contributed by atoms with Gasteiger partial charge in [0.05, 0.1) is 41.8 Å². The van der Waals surface area contributed by atoms with Crippen LogP contribution >= 0.6 is 164 Å². The molecule has 29 heteroatoms. The fourth-order valence-electron chi connectivity index (χ4n) is 6.79. The molecule has 0 unspecified atom stereocenters. The molecule has 0 spiro atoms. The number of alkyl halides is 3. The number of halogens is 13. The Bertz CT molecular complexity index is 2930. The lowest BCUT2D eigenvalue weighted by Crippen LogP contribution is -2.34. The van der Waals surface area contributed by atoms with Crippen LogP contribution in [0.15, 0.2) is 30.3 Å². The Kier molecular flexibility index (Phi) is 28.7. The number of rotatable bonds is 9. The van der Waals surface area contributed by atoms with E-state index in [0.29, 0.717) is 56.8 Å². The highest BCUT2D eigenvalue weighted by molar-refractivity contribution is 9.24. The van der Waals surface area contributed by atoms with Crippen LogP contribution in [0.5, 0.6) is 0 Å². The van der Waals surface area contributed by atoms with Crippen LogP contribution in [0.25, 0.3) is 0 Å². The average molecular weight is 1460 g/mol. The molecule has 2 atom stereocenters. The Morgan fingerprint density at radius 2 is 1.01 bits per heavy atom. The number of amides is 1. The summed E-state index contributed by atoms with van der Waals surface area (Å²) in [4.78, 5) is 77.5. The second-order valence-electron chi connectivity index (χ2n) is 16.5. The van der Waals surface area contributed by atoms with Crippen LogP contribution in [-0.4, -0.2) is 98.1 Å². The van der Waals surface area contributed by atoms with E-state index in [9.17, 15) is 24.0 Å². The zero-order valence-electron chi connectivity index (χ0n) is 41.4. The Morgan fingerprint density at radius 1 is 0.623 bits per heavy atom. The van der Waals surface area contributed by atoms with Gasteiger partial charge in [0.25, 0.3) is 5.91 Å². The fraction of sp³-hybridized carbons (Fsp3) is 0.375. The molecule has 0 saturated heterocycles. The van der Waals surface area contributed by atoms with Crippen LogP contribution in [0, 0.1) is 25.7 Å². The predicted molar refractivity (Wildman–Crippen MR) is 313 cm³/mol. The lowest BCUT2D eigenvalue weighted by atomic mass is 10.1. The molecule has 2 aliphatic carbocycles. The van der Waals surface area contributed by atoms with E-state index >= 15 is 0 Å². The van der Waals surface area contributed by atoms with Gasteiger partial charge in [-0.2, -0.15) is 0 Å². The molecule has 1 amide bonds. The summed E-state index contributed by atoms with van der Waals surface area (Å²) < 4.78 is 13.5. The van der Waals surface area contributed by atoms with Gasteiger partial charge in [-0.15, -0.1) is 0 Å². The van der Waals surface area contributed by atoms with E-state index in [1.54, 1.807) is 32.0 Å². The summed E-state index contributed by atoms with van der Waals surface area (Å²) in [6.07, 6.45) is 5.18. The number of nitrogens with two attached hydrogens (primary N) is 1. The number of carboxylic acid groups (broad SMARTS) is 1. The van der Waals surface area contributed by atoms with E-state index in [0.717, 1.165) is 11.5 Å². The lowest BCUT2D eigenvalue weighted by molar-refractivity contribution is 0.0590. The van der Waals surface area contributed by atoms with E-state index in [-0.39, 0.29) is 84.3 Å². The number of fused-ring (bicyclic) bond motifs is 1. The molecule has 3 aliphatic rings. The van der Waals surface area contributed by atoms with Gasteiger partial charge in [-0.25, -0.2) is 44.1 Å². The van der Waals surface area contributed by atoms with Crippen LogP contribution in [0.4, 0.5) is 0 Å². The number of aromatic nitrogens is 5. The van der Waals surface area contributed by atoms with Crippen molar-refractivity contribution in [2.75, 3.05) is 21.3 Å². The molecule has 0 radical (unpaired) electrons. The summed E-state index contributed by atoms with van der Waals surface area (Å²) in [5.74, 6) is -1.15. The van der Waals surface area contributed by atoms with Crippen molar-refractivity contribution in [1.82, 2.24) is 29.8 Å². The smallest absolute Gasteiger partial charge is 0.341 e. The van der Waals surface area contributed by atoms with Gasteiger partial charge in [-0.05, 0) is 123 Å². The molecule has 2 saturated carbocycles. The first kappa shape index (κ1) is 68.7. The first-order valence-electron chi connectivity index (χ1n) is 22.1. The summed E-state index contributed by atoms with van der Waals surface area (Å²) in [7, 11) is 3.84. The number of methoxy groups -OCH3 is 3. The monoisotopic (exact) mass is 1450 g/mol. The molecule has 6 heterocycles. The zero-order chi connectivity index (χ0) is 58.3. The van der Waals surface area contributed by atoms with Crippen LogP contribution < -0.4 is 5.73 Å². The van der Waals surface area contributed by atoms with Gasteiger partial charge in [0, 0.05) is 24.0 Å².